The van der Waals surface area contributed by atoms with E-state index in [1.165, 1.54) is 0 Å². The van der Waals surface area contributed by atoms with Crippen molar-refractivity contribution in [2.75, 3.05) is 0 Å². The van der Waals surface area contributed by atoms with Crippen molar-refractivity contribution in [1.29, 1.82) is 0 Å². The zero-order valence-corrected chi connectivity index (χ0v) is 26.8. The van der Waals surface area contributed by atoms with Gasteiger partial charge in [0.15, 0.2) is 23.3 Å². The molecule has 232 valence electrons. The minimum Gasteiger partial charge on any atom is -0.261 e. The van der Waals surface area contributed by atoms with Crippen molar-refractivity contribution in [1.82, 2.24) is 29.9 Å². The van der Waals surface area contributed by atoms with Crippen molar-refractivity contribution in [2.24, 2.45) is 0 Å². The van der Waals surface area contributed by atoms with E-state index in [9.17, 15) is 0 Å². The first kappa shape index (κ1) is 29.7. The van der Waals surface area contributed by atoms with Gasteiger partial charge in [-0.05, 0) is 65.1 Å². The number of hydrogen-bond donors (Lipinski definition) is 0. The van der Waals surface area contributed by atoms with Crippen LogP contribution in [0.4, 0.5) is 0 Å². The second kappa shape index (κ2) is 13.2. The zero-order valence-electron chi connectivity index (χ0n) is 26.8. The highest BCUT2D eigenvalue weighted by atomic mass is 15.0. The van der Waals surface area contributed by atoms with Crippen molar-refractivity contribution in [3.05, 3.63) is 170 Å². The number of hydrogen-bond acceptors (Lipinski definition) is 6. The van der Waals surface area contributed by atoms with Crippen molar-refractivity contribution in [3.63, 3.8) is 0 Å². The van der Waals surface area contributed by atoms with Gasteiger partial charge < -0.3 is 0 Å². The summed E-state index contributed by atoms with van der Waals surface area (Å²) >= 11 is 0. The molecule has 49 heavy (non-hydrogen) atoms. The molecule has 8 aromatic rings. The normalized spacial score (nSPS) is 11.0. The highest BCUT2D eigenvalue weighted by molar-refractivity contribution is 5.82. The van der Waals surface area contributed by atoms with Gasteiger partial charge in [0.05, 0.1) is 0 Å². The van der Waals surface area contributed by atoms with Crippen molar-refractivity contribution < 1.29 is 0 Å². The van der Waals surface area contributed by atoms with E-state index >= 15 is 0 Å². The summed E-state index contributed by atoms with van der Waals surface area (Å²) in [5.41, 5.74) is 11.2. The van der Waals surface area contributed by atoms with Crippen LogP contribution in [0.5, 0.6) is 0 Å². The van der Waals surface area contributed by atoms with E-state index in [0.29, 0.717) is 23.3 Å². The lowest BCUT2D eigenvalue weighted by atomic mass is 9.94. The van der Waals surface area contributed by atoms with E-state index in [4.69, 9.17) is 15.0 Å². The Bertz CT molecular complexity index is 2280. The summed E-state index contributed by atoms with van der Waals surface area (Å²) in [5.74, 6) is 2.55. The van der Waals surface area contributed by atoms with Crippen LogP contribution in [0, 0.1) is 6.92 Å². The molecule has 0 amide bonds. The fourth-order valence-electron chi connectivity index (χ4n) is 5.78. The Hall–Kier alpha value is -6.66. The summed E-state index contributed by atoms with van der Waals surface area (Å²) in [5, 5.41) is 0. The van der Waals surface area contributed by atoms with E-state index < -0.39 is 0 Å². The molecule has 0 saturated heterocycles. The number of benzene rings is 5. The molecule has 0 bridgehead atoms. The van der Waals surface area contributed by atoms with Gasteiger partial charge in [-0.3, -0.25) is 4.98 Å². The Morgan fingerprint density at radius 2 is 0.714 bits per heavy atom. The molecule has 0 unspecified atom stereocenters. The molecular weight excluding hydrogens is 601 g/mol. The van der Waals surface area contributed by atoms with Crippen LogP contribution < -0.4 is 0 Å². The Balaban J connectivity index is 1.27. The topological polar surface area (TPSA) is 77.3 Å². The van der Waals surface area contributed by atoms with Crippen LogP contribution in [0.25, 0.3) is 78.9 Å². The molecular formula is C43H30N6. The summed E-state index contributed by atoms with van der Waals surface area (Å²) in [6.45, 7) is 2.00. The fourth-order valence-corrected chi connectivity index (χ4v) is 5.78. The molecule has 0 fully saturated rings. The standard InChI is InChI=1S/C43H30N6/c1-29-13-14-36(28-46-29)30-15-17-31(18-16-30)37-25-38(32-19-21-35(22-20-32)40-44-23-8-24-45-40)27-39(26-37)43-48-41(33-9-4-2-5-10-33)47-42(49-43)34-11-6-3-7-12-34/h2-28H,1H3. The van der Waals surface area contributed by atoms with Gasteiger partial charge >= 0.3 is 0 Å². The maximum absolute atomic E-state index is 5.04. The molecule has 0 aliphatic carbocycles. The number of rotatable bonds is 7. The monoisotopic (exact) mass is 630 g/mol. The van der Waals surface area contributed by atoms with Gasteiger partial charge in [0.2, 0.25) is 0 Å². The average Bonchev–Trinajstić information content (AvgIpc) is 3.19. The highest BCUT2D eigenvalue weighted by Crippen LogP contribution is 2.35. The summed E-state index contributed by atoms with van der Waals surface area (Å²) in [7, 11) is 0. The first-order chi connectivity index (χ1) is 24.2. The van der Waals surface area contributed by atoms with Gasteiger partial charge in [-0.15, -0.1) is 0 Å². The van der Waals surface area contributed by atoms with Gasteiger partial charge in [-0.25, -0.2) is 24.9 Å². The Morgan fingerprint density at radius 3 is 1.20 bits per heavy atom. The predicted octanol–water partition coefficient (Wildman–Crippen LogP) is 10.0. The lowest BCUT2D eigenvalue weighted by Gasteiger charge is -2.13. The second-order valence-corrected chi connectivity index (χ2v) is 11.8. The third kappa shape index (κ3) is 6.48. The van der Waals surface area contributed by atoms with Crippen LogP contribution in [0.3, 0.4) is 0 Å². The van der Waals surface area contributed by atoms with E-state index in [2.05, 4.69) is 87.7 Å². The minimum absolute atomic E-state index is 0.604. The van der Waals surface area contributed by atoms with Crippen LogP contribution in [-0.2, 0) is 0 Å². The number of aryl methyl sites for hydroxylation is 1. The van der Waals surface area contributed by atoms with Crippen LogP contribution >= 0.6 is 0 Å². The Morgan fingerprint density at radius 1 is 0.306 bits per heavy atom. The van der Waals surface area contributed by atoms with Gasteiger partial charge in [0.1, 0.15) is 0 Å². The van der Waals surface area contributed by atoms with Crippen molar-refractivity contribution in [3.8, 4) is 78.9 Å². The van der Waals surface area contributed by atoms with Gasteiger partial charge in [-0.2, -0.15) is 0 Å². The summed E-state index contributed by atoms with van der Waals surface area (Å²) in [4.78, 5) is 28.3. The highest BCUT2D eigenvalue weighted by Gasteiger charge is 2.15. The van der Waals surface area contributed by atoms with Gasteiger partial charge in [0, 0.05) is 52.1 Å². The zero-order chi connectivity index (χ0) is 33.0. The van der Waals surface area contributed by atoms with Crippen molar-refractivity contribution in [2.45, 2.75) is 6.92 Å². The van der Waals surface area contributed by atoms with E-state index in [0.717, 1.165) is 61.3 Å². The number of nitrogens with zero attached hydrogens (tertiary/aromatic N) is 6. The molecule has 0 N–H and O–H groups in total. The molecule has 3 heterocycles. The Labute approximate surface area is 285 Å². The summed E-state index contributed by atoms with van der Waals surface area (Å²) < 4.78 is 0. The molecule has 0 aliphatic rings. The van der Waals surface area contributed by atoms with Crippen LogP contribution in [0.2, 0.25) is 0 Å². The lowest BCUT2D eigenvalue weighted by molar-refractivity contribution is 1.07. The molecule has 6 heteroatoms. The Kier molecular flexibility index (Phi) is 8.02. The van der Waals surface area contributed by atoms with E-state index in [1.807, 2.05) is 85.9 Å². The fraction of sp³-hybridized carbons (Fsp3) is 0.0233. The predicted molar refractivity (Wildman–Crippen MR) is 196 cm³/mol. The van der Waals surface area contributed by atoms with E-state index in [1.54, 1.807) is 12.4 Å². The molecule has 0 spiro atoms. The third-order valence-corrected chi connectivity index (χ3v) is 8.40. The van der Waals surface area contributed by atoms with Crippen LogP contribution in [0.15, 0.2) is 164 Å². The van der Waals surface area contributed by atoms with Crippen molar-refractivity contribution >= 4 is 0 Å². The summed E-state index contributed by atoms with van der Waals surface area (Å²) in [6, 6.07) is 49.6. The minimum atomic E-state index is 0.604. The molecule has 0 aliphatic heterocycles. The maximum atomic E-state index is 5.04. The molecule has 0 radical (unpaired) electrons. The molecule has 8 rings (SSSR count). The third-order valence-electron chi connectivity index (χ3n) is 8.40. The quantitative estimate of drug-likeness (QED) is 0.174. The molecule has 6 nitrogen and oxygen atoms in total. The molecule has 0 atom stereocenters. The van der Waals surface area contributed by atoms with Crippen LogP contribution in [-0.4, -0.2) is 29.9 Å². The number of pyridine rings is 1. The largest absolute Gasteiger partial charge is 0.261 e. The molecule has 5 aromatic carbocycles. The second-order valence-electron chi connectivity index (χ2n) is 11.8. The first-order valence-corrected chi connectivity index (χ1v) is 16.1. The maximum Gasteiger partial charge on any atom is 0.164 e. The molecule has 3 aromatic heterocycles. The molecule has 0 saturated carbocycles. The summed E-state index contributed by atoms with van der Waals surface area (Å²) in [6.07, 6.45) is 5.44. The smallest absolute Gasteiger partial charge is 0.164 e. The van der Waals surface area contributed by atoms with Gasteiger partial charge in [-0.1, -0.05) is 115 Å². The van der Waals surface area contributed by atoms with Gasteiger partial charge in [0.25, 0.3) is 0 Å². The first-order valence-electron chi connectivity index (χ1n) is 16.1. The lowest BCUT2D eigenvalue weighted by Crippen LogP contribution is -2.00. The van der Waals surface area contributed by atoms with E-state index in [-0.39, 0.29) is 0 Å². The average molecular weight is 631 g/mol. The van der Waals surface area contributed by atoms with Crippen LogP contribution in [0.1, 0.15) is 5.69 Å². The number of aromatic nitrogens is 6. The SMILES string of the molecule is Cc1ccc(-c2ccc(-c3cc(-c4ccc(-c5ncccn5)cc4)cc(-c4nc(-c5ccccc5)nc(-c5ccccc5)n4)c3)cc2)cn1.